The zero-order chi connectivity index (χ0) is 13.7. The van der Waals surface area contributed by atoms with E-state index < -0.39 is 0 Å². The molecule has 5 heteroatoms. The number of nitrogens with zero attached hydrogens (tertiary/aromatic N) is 2. The lowest BCUT2D eigenvalue weighted by Gasteiger charge is -2.05. The second kappa shape index (κ2) is 6.73. The van der Waals surface area contributed by atoms with Crippen molar-refractivity contribution in [2.24, 2.45) is 5.92 Å². The van der Waals surface area contributed by atoms with Crippen LogP contribution in [0.5, 0.6) is 0 Å². The first-order valence-corrected chi connectivity index (χ1v) is 7.26. The largest absolute Gasteiger partial charge is 0.316 e. The van der Waals surface area contributed by atoms with Gasteiger partial charge in [0, 0.05) is 18.5 Å². The summed E-state index contributed by atoms with van der Waals surface area (Å²) in [7, 11) is 0. The Morgan fingerprint density at radius 3 is 2.79 bits per heavy atom. The minimum atomic E-state index is -0.247. The first-order valence-electron chi connectivity index (χ1n) is 6.45. The molecule has 1 heterocycles. The molecule has 0 aliphatic heterocycles. The number of benzene rings is 1. The van der Waals surface area contributed by atoms with Gasteiger partial charge < -0.3 is 5.32 Å². The smallest absolute Gasteiger partial charge is 0.150 e. The molecule has 0 aliphatic rings. The summed E-state index contributed by atoms with van der Waals surface area (Å²) in [6, 6.07) is 6.66. The van der Waals surface area contributed by atoms with Crippen molar-refractivity contribution in [3.8, 4) is 10.6 Å². The number of nitrogens with one attached hydrogen (secondary N) is 1. The summed E-state index contributed by atoms with van der Waals surface area (Å²) >= 11 is 1.46. The van der Waals surface area contributed by atoms with Crippen molar-refractivity contribution in [1.29, 1.82) is 0 Å². The maximum absolute atomic E-state index is 13.6. The van der Waals surface area contributed by atoms with E-state index >= 15 is 0 Å². The average molecular weight is 279 g/mol. The molecule has 2 aromatic rings. The fraction of sp³-hybridized carbons (Fsp3) is 0.429. The van der Waals surface area contributed by atoms with Crippen LogP contribution in [0.25, 0.3) is 10.6 Å². The molecule has 0 spiro atoms. The third kappa shape index (κ3) is 4.08. The number of halogens is 1. The van der Waals surface area contributed by atoms with Gasteiger partial charge in [-0.1, -0.05) is 37.3 Å². The van der Waals surface area contributed by atoms with Crippen molar-refractivity contribution < 1.29 is 4.39 Å². The Morgan fingerprint density at radius 1 is 1.26 bits per heavy atom. The molecule has 0 fully saturated rings. The summed E-state index contributed by atoms with van der Waals surface area (Å²) in [5.74, 6) is 0.395. The summed E-state index contributed by atoms with van der Waals surface area (Å²) in [5, 5.41) is 13.1. The van der Waals surface area contributed by atoms with Gasteiger partial charge in [0.25, 0.3) is 0 Å². The molecule has 0 unspecified atom stereocenters. The monoisotopic (exact) mass is 279 g/mol. The Balaban J connectivity index is 1.94. The Labute approximate surface area is 116 Å². The van der Waals surface area contributed by atoms with Crippen LogP contribution in [0.2, 0.25) is 0 Å². The van der Waals surface area contributed by atoms with Crippen molar-refractivity contribution in [3.05, 3.63) is 35.1 Å². The molecular formula is C14H18FN3S. The molecule has 0 radical (unpaired) electrons. The number of rotatable bonds is 6. The third-order valence-corrected chi connectivity index (χ3v) is 3.66. The zero-order valence-electron chi connectivity index (χ0n) is 11.2. The van der Waals surface area contributed by atoms with E-state index in [1.807, 2.05) is 6.07 Å². The highest BCUT2D eigenvalue weighted by molar-refractivity contribution is 7.14. The topological polar surface area (TPSA) is 37.8 Å². The number of hydrogen-bond acceptors (Lipinski definition) is 4. The van der Waals surface area contributed by atoms with E-state index in [9.17, 15) is 4.39 Å². The lowest BCUT2D eigenvalue weighted by atomic mass is 10.2. The van der Waals surface area contributed by atoms with Gasteiger partial charge in [0.2, 0.25) is 0 Å². The predicted octanol–water partition coefficient (Wildman–Crippen LogP) is 3.13. The van der Waals surface area contributed by atoms with Crippen LogP contribution in [-0.2, 0) is 6.42 Å². The standard InChI is InChI=1S/C14H18FN3S/c1-10(2)9-16-8-7-13-17-18-14(19-13)11-5-3-4-6-12(11)15/h3-6,10,16H,7-9H2,1-2H3. The van der Waals surface area contributed by atoms with E-state index in [2.05, 4.69) is 29.4 Å². The molecule has 3 nitrogen and oxygen atoms in total. The van der Waals surface area contributed by atoms with Crippen molar-refractivity contribution in [2.45, 2.75) is 20.3 Å². The van der Waals surface area contributed by atoms with Crippen LogP contribution in [0.3, 0.4) is 0 Å². The molecule has 1 aromatic heterocycles. The molecule has 0 saturated heterocycles. The summed E-state index contributed by atoms with van der Waals surface area (Å²) in [6.07, 6.45) is 0.832. The molecule has 0 bridgehead atoms. The highest BCUT2D eigenvalue weighted by atomic mass is 32.1. The molecule has 0 atom stereocenters. The van der Waals surface area contributed by atoms with Gasteiger partial charge in [-0.2, -0.15) is 0 Å². The Kier molecular flexibility index (Phi) is 4.99. The molecule has 0 amide bonds. The van der Waals surface area contributed by atoms with Crippen molar-refractivity contribution in [2.75, 3.05) is 13.1 Å². The van der Waals surface area contributed by atoms with Crippen LogP contribution < -0.4 is 5.32 Å². The van der Waals surface area contributed by atoms with E-state index in [1.54, 1.807) is 12.1 Å². The lowest BCUT2D eigenvalue weighted by Crippen LogP contribution is -2.22. The number of hydrogen-bond donors (Lipinski definition) is 1. The van der Waals surface area contributed by atoms with E-state index in [4.69, 9.17) is 0 Å². The highest BCUT2D eigenvalue weighted by Gasteiger charge is 2.10. The first kappa shape index (κ1) is 14.1. The maximum atomic E-state index is 13.6. The fourth-order valence-electron chi connectivity index (χ4n) is 1.68. The van der Waals surface area contributed by atoms with Crippen LogP contribution >= 0.6 is 11.3 Å². The maximum Gasteiger partial charge on any atom is 0.150 e. The SMILES string of the molecule is CC(C)CNCCc1nnc(-c2ccccc2F)s1. The third-order valence-electron chi connectivity index (χ3n) is 2.64. The molecular weight excluding hydrogens is 261 g/mol. The zero-order valence-corrected chi connectivity index (χ0v) is 12.0. The lowest BCUT2D eigenvalue weighted by molar-refractivity contribution is 0.553. The molecule has 0 aliphatic carbocycles. The van der Waals surface area contributed by atoms with E-state index in [0.29, 0.717) is 16.5 Å². The van der Waals surface area contributed by atoms with Gasteiger partial charge in [0.05, 0.1) is 0 Å². The number of aromatic nitrogens is 2. The molecule has 19 heavy (non-hydrogen) atoms. The predicted molar refractivity (Wildman–Crippen MR) is 76.7 cm³/mol. The van der Waals surface area contributed by atoms with E-state index in [0.717, 1.165) is 24.5 Å². The highest BCUT2D eigenvalue weighted by Crippen LogP contribution is 2.25. The molecule has 1 N–H and O–H groups in total. The van der Waals surface area contributed by atoms with Crippen LogP contribution in [-0.4, -0.2) is 23.3 Å². The van der Waals surface area contributed by atoms with Gasteiger partial charge in [0.1, 0.15) is 10.8 Å². The van der Waals surface area contributed by atoms with Gasteiger partial charge in [-0.05, 0) is 24.6 Å². The van der Waals surface area contributed by atoms with Gasteiger partial charge in [-0.15, -0.1) is 10.2 Å². The second-order valence-electron chi connectivity index (χ2n) is 4.83. The van der Waals surface area contributed by atoms with Crippen molar-refractivity contribution >= 4 is 11.3 Å². The Bertz CT molecular complexity index is 525. The summed E-state index contributed by atoms with van der Waals surface area (Å²) < 4.78 is 13.6. The molecule has 2 rings (SSSR count). The van der Waals surface area contributed by atoms with Crippen LogP contribution in [0, 0.1) is 11.7 Å². The summed E-state index contributed by atoms with van der Waals surface area (Å²) in [6.45, 7) is 6.23. The van der Waals surface area contributed by atoms with Crippen LogP contribution in [0.15, 0.2) is 24.3 Å². The van der Waals surface area contributed by atoms with E-state index in [-0.39, 0.29) is 5.82 Å². The van der Waals surface area contributed by atoms with Gasteiger partial charge in [-0.3, -0.25) is 0 Å². The average Bonchev–Trinajstić information content (AvgIpc) is 2.83. The minimum Gasteiger partial charge on any atom is -0.316 e. The van der Waals surface area contributed by atoms with E-state index in [1.165, 1.54) is 17.4 Å². The summed E-state index contributed by atoms with van der Waals surface area (Å²) in [4.78, 5) is 0. The second-order valence-corrected chi connectivity index (χ2v) is 5.89. The first-order chi connectivity index (χ1) is 9.16. The van der Waals surface area contributed by atoms with Gasteiger partial charge >= 0.3 is 0 Å². The summed E-state index contributed by atoms with van der Waals surface area (Å²) in [5.41, 5.74) is 0.529. The molecule has 1 aromatic carbocycles. The molecule has 102 valence electrons. The fourth-order valence-corrected chi connectivity index (χ4v) is 2.55. The van der Waals surface area contributed by atoms with Gasteiger partial charge in [0.15, 0.2) is 5.01 Å². The minimum absolute atomic E-state index is 0.247. The Morgan fingerprint density at radius 2 is 2.05 bits per heavy atom. The van der Waals surface area contributed by atoms with Crippen LogP contribution in [0.4, 0.5) is 4.39 Å². The van der Waals surface area contributed by atoms with Crippen molar-refractivity contribution in [3.63, 3.8) is 0 Å². The van der Waals surface area contributed by atoms with Crippen molar-refractivity contribution in [1.82, 2.24) is 15.5 Å². The quantitative estimate of drug-likeness (QED) is 0.826. The normalized spacial score (nSPS) is 11.2. The van der Waals surface area contributed by atoms with Crippen LogP contribution in [0.1, 0.15) is 18.9 Å². The van der Waals surface area contributed by atoms with Gasteiger partial charge in [-0.25, -0.2) is 4.39 Å². The Hall–Kier alpha value is -1.33. The molecule has 0 saturated carbocycles.